The number of hydrogen-bond acceptors (Lipinski definition) is 1. The fourth-order valence-electron chi connectivity index (χ4n) is 10.0. The molecule has 0 aliphatic heterocycles. The molecule has 0 heterocycles. The van der Waals surface area contributed by atoms with Gasteiger partial charge in [0.05, 0.1) is 0 Å². The molecule has 0 saturated carbocycles. The number of hydrogen-bond donors (Lipinski definition) is 0. The van der Waals surface area contributed by atoms with Gasteiger partial charge in [0.1, 0.15) is 10.5 Å². The van der Waals surface area contributed by atoms with Gasteiger partial charge in [-0.15, -0.1) is 0 Å². The normalized spacial score (nSPS) is 12.1. The third kappa shape index (κ3) is 45.7. The molecule has 0 unspecified atom stereocenters. The van der Waals surface area contributed by atoms with E-state index >= 15 is 0 Å². The molecule has 0 spiro atoms. The van der Waals surface area contributed by atoms with Crippen molar-refractivity contribution in [2.75, 3.05) is 6.61 Å². The Kier molecular flexibility index (Phi) is 51.7. The zero-order chi connectivity index (χ0) is 42.0. The predicted octanol–water partition coefficient (Wildman–Crippen LogP) is 20.2. The van der Waals surface area contributed by atoms with Crippen molar-refractivity contribution in [3.63, 3.8) is 0 Å². The molecule has 0 aromatic carbocycles. The molecule has 1 nitrogen and oxygen atoms in total. The van der Waals surface area contributed by atoms with Crippen LogP contribution in [0.4, 0.5) is 0 Å². The van der Waals surface area contributed by atoms with Crippen molar-refractivity contribution in [3.8, 4) is 0 Å². The predicted molar refractivity (Wildman–Crippen MR) is 271 cm³/mol. The van der Waals surface area contributed by atoms with E-state index in [2.05, 4.69) is 20.8 Å². The molecule has 0 saturated heterocycles. The van der Waals surface area contributed by atoms with Crippen LogP contribution in [0, 0.1) is 5.41 Å². The molecule has 0 aliphatic carbocycles. The van der Waals surface area contributed by atoms with Gasteiger partial charge < -0.3 is 4.43 Å². The Morgan fingerprint density at radius 3 is 0.500 bits per heavy atom. The first-order valence-electron chi connectivity index (χ1n) is 28.2. The van der Waals surface area contributed by atoms with Gasteiger partial charge in [-0.2, -0.15) is 0 Å². The van der Waals surface area contributed by atoms with Crippen molar-refractivity contribution in [1.82, 2.24) is 0 Å². The Balaban J connectivity index is 4.30. The highest BCUT2D eigenvalue weighted by atomic mass is 28.2. The molecule has 0 aromatic heterocycles. The van der Waals surface area contributed by atoms with Crippen LogP contribution in [0.1, 0.15) is 348 Å². The molecule has 0 bridgehead atoms. The van der Waals surface area contributed by atoms with Gasteiger partial charge in [0, 0.05) is 6.61 Å². The SMILES string of the molecule is CCCCCCCCCCCCCCCCCCC(CCCCCCCCCCCCCCCCCC)(CCCCCCCCCCCCCCCCCC)CO[SiH3]. The minimum atomic E-state index is 0.476. The summed E-state index contributed by atoms with van der Waals surface area (Å²) in [5.74, 6) is 0. The lowest BCUT2D eigenvalue weighted by atomic mass is 9.74. The fourth-order valence-corrected chi connectivity index (χ4v) is 10.7. The molecular weight excluding hydrogens is 717 g/mol. The summed E-state index contributed by atoms with van der Waals surface area (Å²) >= 11 is 0. The largest absolute Gasteiger partial charge is 0.427 e. The lowest BCUT2D eigenvalue weighted by Crippen LogP contribution is -2.27. The second kappa shape index (κ2) is 51.5. The summed E-state index contributed by atoms with van der Waals surface area (Å²) < 4.78 is 6.18. The summed E-state index contributed by atoms with van der Waals surface area (Å²) in [5.41, 5.74) is 0.476. The van der Waals surface area contributed by atoms with Crippen LogP contribution in [0.5, 0.6) is 0 Å². The standard InChI is InChI=1S/C56H116OSi/c1-4-7-10-13-16-19-22-25-28-31-34-37-40-43-46-49-52-56(55-57-58,53-50-47-44-41-38-35-32-29-26-23-20-17-14-11-8-5-2)54-51-48-45-42-39-36-33-30-27-24-21-18-15-12-9-6-3/h4-55H2,1-3,58H3. The van der Waals surface area contributed by atoms with Gasteiger partial charge in [0.15, 0.2) is 0 Å². The van der Waals surface area contributed by atoms with Crippen LogP contribution in [-0.2, 0) is 4.43 Å². The molecule has 0 atom stereocenters. The molecule has 0 amide bonds. The zero-order valence-electron chi connectivity index (χ0n) is 41.7. The highest BCUT2D eigenvalue weighted by Crippen LogP contribution is 2.38. The first-order chi connectivity index (χ1) is 28.7. The molecule has 0 fully saturated rings. The Morgan fingerprint density at radius 2 is 0.362 bits per heavy atom. The van der Waals surface area contributed by atoms with Gasteiger partial charge in [-0.1, -0.05) is 329 Å². The third-order valence-corrected chi connectivity index (χ3v) is 14.4. The van der Waals surface area contributed by atoms with E-state index in [1.807, 2.05) is 0 Å². The van der Waals surface area contributed by atoms with E-state index < -0.39 is 0 Å². The van der Waals surface area contributed by atoms with Gasteiger partial charge >= 0.3 is 0 Å². The Bertz CT molecular complexity index is 618. The summed E-state index contributed by atoms with van der Waals surface area (Å²) in [4.78, 5) is 0. The number of unbranched alkanes of at least 4 members (excludes halogenated alkanes) is 45. The first-order valence-corrected chi connectivity index (χ1v) is 29.0. The van der Waals surface area contributed by atoms with Crippen LogP contribution in [0.2, 0.25) is 0 Å². The summed E-state index contributed by atoms with van der Waals surface area (Å²) in [6, 6.07) is 0. The zero-order valence-corrected chi connectivity index (χ0v) is 43.7. The molecular formula is C56H116OSi. The summed E-state index contributed by atoms with van der Waals surface area (Å²) in [6.07, 6.45) is 74.6. The highest BCUT2D eigenvalue weighted by Gasteiger charge is 2.28. The summed E-state index contributed by atoms with van der Waals surface area (Å²) in [6.45, 7) is 8.03. The van der Waals surface area contributed by atoms with E-state index in [0.29, 0.717) is 5.41 Å². The van der Waals surface area contributed by atoms with E-state index in [1.54, 1.807) is 0 Å². The minimum Gasteiger partial charge on any atom is -0.427 e. The van der Waals surface area contributed by atoms with Crippen LogP contribution in [0.3, 0.4) is 0 Å². The molecule has 58 heavy (non-hydrogen) atoms. The Morgan fingerprint density at radius 1 is 0.224 bits per heavy atom. The molecule has 0 aromatic rings. The summed E-state index contributed by atoms with van der Waals surface area (Å²) in [7, 11) is 0.904. The van der Waals surface area contributed by atoms with Gasteiger partial charge in [-0.25, -0.2) is 0 Å². The highest BCUT2D eigenvalue weighted by molar-refractivity contribution is 5.97. The van der Waals surface area contributed by atoms with Crippen molar-refractivity contribution in [1.29, 1.82) is 0 Å². The number of rotatable bonds is 53. The molecule has 0 radical (unpaired) electrons. The maximum absolute atomic E-state index is 6.18. The second-order valence-electron chi connectivity index (χ2n) is 20.1. The van der Waals surface area contributed by atoms with Gasteiger partial charge in [0.25, 0.3) is 0 Å². The van der Waals surface area contributed by atoms with Crippen LogP contribution in [-0.4, -0.2) is 17.1 Å². The average Bonchev–Trinajstić information content (AvgIpc) is 3.23. The van der Waals surface area contributed by atoms with Crippen molar-refractivity contribution in [2.45, 2.75) is 348 Å². The van der Waals surface area contributed by atoms with E-state index in [0.717, 1.165) is 17.1 Å². The topological polar surface area (TPSA) is 9.23 Å². The maximum atomic E-state index is 6.18. The van der Waals surface area contributed by atoms with Crippen molar-refractivity contribution >= 4 is 10.5 Å². The summed E-state index contributed by atoms with van der Waals surface area (Å²) in [5, 5.41) is 0. The minimum absolute atomic E-state index is 0.476. The lowest BCUT2D eigenvalue weighted by molar-refractivity contribution is 0.107. The van der Waals surface area contributed by atoms with Crippen LogP contribution < -0.4 is 0 Å². The quantitative estimate of drug-likeness (QED) is 0.0438. The van der Waals surface area contributed by atoms with Crippen molar-refractivity contribution < 1.29 is 4.43 Å². The monoisotopic (exact) mass is 833 g/mol. The van der Waals surface area contributed by atoms with Crippen LogP contribution in [0.25, 0.3) is 0 Å². The molecule has 0 aliphatic rings. The third-order valence-electron chi connectivity index (χ3n) is 14.1. The molecule has 0 rings (SSSR count). The van der Waals surface area contributed by atoms with Crippen LogP contribution >= 0.6 is 0 Å². The fraction of sp³-hybridized carbons (Fsp3) is 1.00. The van der Waals surface area contributed by atoms with Gasteiger partial charge in [0.2, 0.25) is 0 Å². The second-order valence-corrected chi connectivity index (χ2v) is 20.7. The van der Waals surface area contributed by atoms with E-state index in [9.17, 15) is 0 Å². The molecule has 2 heteroatoms. The van der Waals surface area contributed by atoms with Crippen molar-refractivity contribution in [2.24, 2.45) is 5.41 Å². The van der Waals surface area contributed by atoms with E-state index in [1.165, 1.54) is 327 Å². The van der Waals surface area contributed by atoms with E-state index in [-0.39, 0.29) is 0 Å². The van der Waals surface area contributed by atoms with E-state index in [4.69, 9.17) is 4.43 Å². The van der Waals surface area contributed by atoms with Gasteiger partial charge in [-0.3, -0.25) is 0 Å². The van der Waals surface area contributed by atoms with Crippen molar-refractivity contribution in [3.05, 3.63) is 0 Å². The van der Waals surface area contributed by atoms with Gasteiger partial charge in [-0.05, 0) is 24.7 Å². The van der Waals surface area contributed by atoms with Crippen LogP contribution in [0.15, 0.2) is 0 Å². The lowest BCUT2D eigenvalue weighted by Gasteiger charge is -2.34. The maximum Gasteiger partial charge on any atom is 0.145 e. The first kappa shape index (κ1) is 58.2. The molecule has 350 valence electrons. The smallest absolute Gasteiger partial charge is 0.145 e. The Hall–Kier alpha value is 0.177. The average molecular weight is 834 g/mol. The Labute approximate surface area is 373 Å². The molecule has 0 N–H and O–H groups in total.